The van der Waals surface area contributed by atoms with Crippen molar-refractivity contribution < 1.29 is 9.53 Å². The van der Waals surface area contributed by atoms with Crippen LogP contribution < -0.4 is 5.73 Å². The molecular formula is C18H24N6O2. The van der Waals surface area contributed by atoms with Gasteiger partial charge in [0.1, 0.15) is 5.60 Å². The molecule has 2 aromatic heterocycles. The number of hydrogen-bond donors (Lipinski definition) is 1. The minimum Gasteiger partial charge on any atom is -0.444 e. The maximum absolute atomic E-state index is 12.4. The highest BCUT2D eigenvalue weighted by Gasteiger charge is 2.47. The Balaban J connectivity index is 1.56. The largest absolute Gasteiger partial charge is 0.444 e. The quantitative estimate of drug-likeness (QED) is 0.841. The number of amides is 1. The predicted molar refractivity (Wildman–Crippen MR) is 96.4 cm³/mol. The number of aryl methyl sites for hydroxylation is 1. The molecule has 4 heterocycles. The molecule has 1 spiro atoms. The predicted octanol–water partition coefficient (Wildman–Crippen LogP) is 2.20. The molecule has 2 aliphatic rings. The summed E-state index contributed by atoms with van der Waals surface area (Å²) in [5.74, 6) is 0.251. The number of carbonyl (C=O) groups excluding carboxylic acids is 1. The van der Waals surface area contributed by atoms with Gasteiger partial charge in [0.15, 0.2) is 0 Å². The van der Waals surface area contributed by atoms with Crippen LogP contribution in [0.2, 0.25) is 0 Å². The monoisotopic (exact) mass is 356 g/mol. The molecule has 2 aromatic rings. The Bertz CT molecular complexity index is 838. The second-order valence-corrected chi connectivity index (χ2v) is 8.15. The third-order valence-corrected chi connectivity index (χ3v) is 5.10. The first-order valence-corrected chi connectivity index (χ1v) is 8.90. The van der Waals surface area contributed by atoms with E-state index in [1.54, 1.807) is 12.4 Å². The molecule has 0 unspecified atom stereocenters. The Hall–Kier alpha value is -2.64. The number of anilines is 1. The molecule has 0 radical (unpaired) electrons. The lowest BCUT2D eigenvalue weighted by atomic mass is 9.82. The van der Waals surface area contributed by atoms with Gasteiger partial charge in [-0.3, -0.25) is 4.68 Å². The van der Waals surface area contributed by atoms with Gasteiger partial charge in [-0.15, -0.1) is 0 Å². The van der Waals surface area contributed by atoms with Crippen molar-refractivity contribution in [2.24, 2.45) is 0 Å². The summed E-state index contributed by atoms with van der Waals surface area (Å²) >= 11 is 0. The van der Waals surface area contributed by atoms with Gasteiger partial charge in [0.25, 0.3) is 0 Å². The Kier molecular flexibility index (Phi) is 3.68. The summed E-state index contributed by atoms with van der Waals surface area (Å²) in [7, 11) is 0. The van der Waals surface area contributed by atoms with E-state index in [4.69, 9.17) is 15.6 Å². The molecule has 8 heteroatoms. The van der Waals surface area contributed by atoms with Crippen molar-refractivity contribution in [3.05, 3.63) is 24.2 Å². The minimum absolute atomic E-state index is 0.0448. The topological polar surface area (TPSA) is 99.2 Å². The third kappa shape index (κ3) is 2.89. The zero-order valence-electron chi connectivity index (χ0n) is 15.4. The van der Waals surface area contributed by atoms with Gasteiger partial charge in [0.2, 0.25) is 5.95 Å². The number of hydrogen-bond acceptors (Lipinski definition) is 6. The van der Waals surface area contributed by atoms with Crippen molar-refractivity contribution >= 4 is 12.0 Å². The van der Waals surface area contributed by atoms with Crippen molar-refractivity contribution in [1.29, 1.82) is 0 Å². The van der Waals surface area contributed by atoms with Gasteiger partial charge in [0.05, 0.1) is 5.69 Å². The maximum Gasteiger partial charge on any atom is 0.410 e. The average Bonchev–Trinajstić information content (AvgIpc) is 3.24. The van der Waals surface area contributed by atoms with Crippen LogP contribution in [0.4, 0.5) is 10.7 Å². The molecule has 1 saturated heterocycles. The fourth-order valence-corrected chi connectivity index (χ4v) is 3.84. The molecule has 138 valence electrons. The van der Waals surface area contributed by atoms with Gasteiger partial charge >= 0.3 is 6.09 Å². The standard InChI is InChI=1S/C18H24N6O2/c1-17(2,3)26-16(25)23-6-4-18(11-23)5-7-24-14(18)8-13(22-24)12-9-20-15(19)21-10-12/h8-10H,4-7,11H2,1-3H3,(H2,19,20,21)/t18-/m0/s1. The maximum atomic E-state index is 12.4. The Morgan fingerprint density at radius 1 is 1.23 bits per heavy atom. The van der Waals surface area contributed by atoms with Crippen LogP contribution in [0.5, 0.6) is 0 Å². The highest BCUT2D eigenvalue weighted by molar-refractivity contribution is 5.69. The molecule has 4 rings (SSSR count). The van der Waals surface area contributed by atoms with Gasteiger partial charge in [0, 0.05) is 48.7 Å². The van der Waals surface area contributed by atoms with Crippen molar-refractivity contribution in [1.82, 2.24) is 24.6 Å². The molecular weight excluding hydrogens is 332 g/mol. The van der Waals surface area contributed by atoms with E-state index >= 15 is 0 Å². The molecule has 0 saturated carbocycles. The van der Waals surface area contributed by atoms with Crippen LogP contribution in [-0.2, 0) is 16.7 Å². The van der Waals surface area contributed by atoms with E-state index in [2.05, 4.69) is 16.0 Å². The van der Waals surface area contributed by atoms with Crippen LogP contribution in [0, 0.1) is 0 Å². The second-order valence-electron chi connectivity index (χ2n) is 8.15. The highest BCUT2D eigenvalue weighted by atomic mass is 16.6. The SMILES string of the molecule is CC(C)(C)OC(=O)N1CC[C@]2(CCn3nc(-c4cnc(N)nc4)cc32)C1. The number of carbonyl (C=O) groups is 1. The minimum atomic E-state index is -0.480. The first-order chi connectivity index (χ1) is 12.3. The van der Waals surface area contributed by atoms with Gasteiger partial charge < -0.3 is 15.4 Å². The lowest BCUT2D eigenvalue weighted by Crippen LogP contribution is -2.37. The molecule has 0 aliphatic carbocycles. The lowest BCUT2D eigenvalue weighted by Gasteiger charge is -2.26. The number of nitrogen functional groups attached to an aromatic ring is 1. The fraction of sp³-hybridized carbons (Fsp3) is 0.556. The fourth-order valence-electron chi connectivity index (χ4n) is 3.84. The molecule has 1 atom stereocenters. The van der Waals surface area contributed by atoms with Gasteiger partial charge in [-0.25, -0.2) is 14.8 Å². The number of nitrogens with zero attached hydrogens (tertiary/aromatic N) is 5. The zero-order valence-corrected chi connectivity index (χ0v) is 15.4. The first kappa shape index (κ1) is 16.8. The Morgan fingerprint density at radius 3 is 2.62 bits per heavy atom. The van der Waals surface area contributed by atoms with E-state index in [1.165, 1.54) is 5.69 Å². The molecule has 2 aliphatic heterocycles. The number of nitrogens with two attached hydrogens (primary N) is 1. The summed E-state index contributed by atoms with van der Waals surface area (Å²) < 4.78 is 7.58. The van der Waals surface area contributed by atoms with E-state index in [0.717, 1.165) is 30.6 Å². The molecule has 8 nitrogen and oxygen atoms in total. The van der Waals surface area contributed by atoms with E-state index in [1.807, 2.05) is 30.4 Å². The summed E-state index contributed by atoms with van der Waals surface area (Å²) in [6, 6.07) is 2.10. The number of ether oxygens (including phenoxy) is 1. The summed E-state index contributed by atoms with van der Waals surface area (Å²) in [6.45, 7) is 7.91. The Morgan fingerprint density at radius 2 is 1.92 bits per heavy atom. The van der Waals surface area contributed by atoms with E-state index < -0.39 is 5.60 Å². The molecule has 0 bridgehead atoms. The lowest BCUT2D eigenvalue weighted by molar-refractivity contribution is 0.0284. The van der Waals surface area contributed by atoms with Crippen LogP contribution in [0.15, 0.2) is 18.5 Å². The van der Waals surface area contributed by atoms with Gasteiger partial charge in [-0.2, -0.15) is 5.10 Å². The third-order valence-electron chi connectivity index (χ3n) is 5.10. The van der Waals surface area contributed by atoms with Crippen LogP contribution in [0.25, 0.3) is 11.3 Å². The molecule has 0 aromatic carbocycles. The van der Waals surface area contributed by atoms with Crippen molar-refractivity contribution in [3.8, 4) is 11.3 Å². The van der Waals surface area contributed by atoms with Crippen molar-refractivity contribution in [2.75, 3.05) is 18.8 Å². The number of rotatable bonds is 1. The molecule has 1 fully saturated rings. The highest BCUT2D eigenvalue weighted by Crippen LogP contribution is 2.43. The molecule has 26 heavy (non-hydrogen) atoms. The second kappa shape index (κ2) is 5.69. The average molecular weight is 356 g/mol. The molecule has 2 N–H and O–H groups in total. The smallest absolute Gasteiger partial charge is 0.410 e. The van der Waals surface area contributed by atoms with Crippen LogP contribution >= 0.6 is 0 Å². The summed E-state index contributed by atoms with van der Waals surface area (Å²) in [4.78, 5) is 22.3. The summed E-state index contributed by atoms with van der Waals surface area (Å²) in [5, 5.41) is 4.70. The van der Waals surface area contributed by atoms with Gasteiger partial charge in [-0.05, 0) is 39.7 Å². The van der Waals surface area contributed by atoms with Gasteiger partial charge in [-0.1, -0.05) is 0 Å². The van der Waals surface area contributed by atoms with E-state index in [-0.39, 0.29) is 17.5 Å². The number of fused-ring (bicyclic) bond motifs is 2. The van der Waals surface area contributed by atoms with Crippen LogP contribution in [0.1, 0.15) is 39.3 Å². The van der Waals surface area contributed by atoms with E-state index in [0.29, 0.717) is 13.1 Å². The summed E-state index contributed by atoms with van der Waals surface area (Å²) in [5.41, 5.74) is 7.90. The van der Waals surface area contributed by atoms with Crippen LogP contribution in [0.3, 0.4) is 0 Å². The zero-order chi connectivity index (χ0) is 18.5. The first-order valence-electron chi connectivity index (χ1n) is 8.90. The number of aromatic nitrogens is 4. The van der Waals surface area contributed by atoms with Crippen molar-refractivity contribution in [3.63, 3.8) is 0 Å². The summed E-state index contributed by atoms with van der Waals surface area (Å²) in [6.07, 6.45) is 5.06. The molecule has 1 amide bonds. The van der Waals surface area contributed by atoms with Crippen LogP contribution in [-0.4, -0.2) is 49.4 Å². The normalized spacial score (nSPS) is 22.0. The van der Waals surface area contributed by atoms with E-state index in [9.17, 15) is 4.79 Å². The van der Waals surface area contributed by atoms with Crippen molar-refractivity contribution in [2.45, 2.75) is 51.2 Å². The number of likely N-dealkylation sites (tertiary alicyclic amines) is 1. The Labute approximate surface area is 152 Å².